The van der Waals surface area contributed by atoms with Crippen LogP contribution < -0.4 is 9.47 Å². The molecule has 24 heavy (non-hydrogen) atoms. The number of benzene rings is 2. The highest BCUT2D eigenvalue weighted by molar-refractivity contribution is 6.12. The van der Waals surface area contributed by atoms with Crippen LogP contribution in [0.1, 0.15) is 11.1 Å². The Kier molecular flexibility index (Phi) is 3.49. The van der Waals surface area contributed by atoms with E-state index in [1.54, 1.807) is 36.4 Å². The van der Waals surface area contributed by atoms with E-state index >= 15 is 0 Å². The Morgan fingerprint density at radius 1 is 1.04 bits per heavy atom. The molecular formula is C18H12FNO4. The van der Waals surface area contributed by atoms with Gasteiger partial charge in [0.2, 0.25) is 5.90 Å². The Labute approximate surface area is 137 Å². The molecule has 0 aliphatic carbocycles. The van der Waals surface area contributed by atoms with Gasteiger partial charge < -0.3 is 14.2 Å². The minimum Gasteiger partial charge on any atom is -0.486 e. The number of hydrogen-bond acceptors (Lipinski definition) is 5. The number of hydrogen-bond donors (Lipinski definition) is 0. The minimum atomic E-state index is -0.622. The van der Waals surface area contributed by atoms with Gasteiger partial charge in [-0.25, -0.2) is 14.2 Å². The van der Waals surface area contributed by atoms with Crippen molar-refractivity contribution in [3.8, 4) is 11.5 Å². The summed E-state index contributed by atoms with van der Waals surface area (Å²) in [6, 6.07) is 11.3. The molecule has 0 unspecified atom stereocenters. The molecular weight excluding hydrogens is 313 g/mol. The van der Waals surface area contributed by atoms with E-state index in [0.717, 1.165) is 0 Å². The number of cyclic esters (lactones) is 1. The molecule has 120 valence electrons. The SMILES string of the molecule is O=C1OC(c2ccccc2F)=N/C1=C\c1ccc2c(c1)OCCO2. The smallest absolute Gasteiger partial charge is 0.363 e. The van der Waals surface area contributed by atoms with Gasteiger partial charge in [-0.1, -0.05) is 18.2 Å². The molecule has 0 fully saturated rings. The van der Waals surface area contributed by atoms with Gasteiger partial charge in [-0.05, 0) is 35.9 Å². The summed E-state index contributed by atoms with van der Waals surface area (Å²) in [7, 11) is 0. The maximum Gasteiger partial charge on any atom is 0.363 e. The van der Waals surface area contributed by atoms with Crippen LogP contribution in [-0.4, -0.2) is 25.1 Å². The molecule has 0 amide bonds. The van der Waals surface area contributed by atoms with E-state index in [2.05, 4.69) is 4.99 Å². The Morgan fingerprint density at radius 3 is 2.67 bits per heavy atom. The molecule has 2 aromatic carbocycles. The van der Waals surface area contributed by atoms with Crippen LogP contribution in [0.4, 0.5) is 4.39 Å². The normalized spacial score (nSPS) is 17.6. The standard InChI is InChI=1S/C18H12FNO4/c19-13-4-2-1-3-12(13)17-20-14(18(21)24-17)9-11-5-6-15-16(10-11)23-8-7-22-15/h1-6,9-10H,7-8H2/b14-9-. The predicted molar refractivity (Wildman–Crippen MR) is 84.4 cm³/mol. The topological polar surface area (TPSA) is 57.1 Å². The molecule has 2 aliphatic heterocycles. The van der Waals surface area contributed by atoms with E-state index in [0.29, 0.717) is 30.3 Å². The van der Waals surface area contributed by atoms with E-state index in [1.807, 2.05) is 0 Å². The van der Waals surface area contributed by atoms with Crippen LogP contribution in [0.15, 0.2) is 53.2 Å². The second kappa shape index (κ2) is 5.81. The quantitative estimate of drug-likeness (QED) is 0.629. The van der Waals surface area contributed by atoms with Gasteiger partial charge in [-0.2, -0.15) is 0 Å². The molecule has 2 aliphatic rings. The highest BCUT2D eigenvalue weighted by Crippen LogP contribution is 2.32. The summed E-state index contributed by atoms with van der Waals surface area (Å²) in [4.78, 5) is 16.1. The van der Waals surface area contributed by atoms with E-state index < -0.39 is 11.8 Å². The number of carbonyl (C=O) groups is 1. The maximum absolute atomic E-state index is 13.8. The van der Waals surface area contributed by atoms with Crippen molar-refractivity contribution in [2.45, 2.75) is 0 Å². The highest BCUT2D eigenvalue weighted by atomic mass is 19.1. The first-order chi connectivity index (χ1) is 11.7. The lowest BCUT2D eigenvalue weighted by molar-refractivity contribution is -0.129. The fourth-order valence-corrected chi connectivity index (χ4v) is 2.47. The van der Waals surface area contributed by atoms with Gasteiger partial charge in [0.05, 0.1) is 5.56 Å². The first-order valence-corrected chi connectivity index (χ1v) is 7.38. The summed E-state index contributed by atoms with van der Waals surface area (Å²) in [5.74, 6) is 0.114. The Bertz CT molecular complexity index is 888. The molecule has 0 aromatic heterocycles. The van der Waals surface area contributed by atoms with Gasteiger partial charge in [0.25, 0.3) is 0 Å². The largest absolute Gasteiger partial charge is 0.486 e. The number of esters is 1. The van der Waals surface area contributed by atoms with Crippen LogP contribution in [0.25, 0.3) is 6.08 Å². The molecule has 0 saturated heterocycles. The van der Waals surface area contributed by atoms with Crippen LogP contribution in [0.2, 0.25) is 0 Å². The van der Waals surface area contributed by atoms with Gasteiger partial charge in [0.15, 0.2) is 17.2 Å². The van der Waals surface area contributed by atoms with Crippen molar-refractivity contribution in [2.75, 3.05) is 13.2 Å². The zero-order valence-electron chi connectivity index (χ0n) is 12.5. The third-order valence-electron chi connectivity index (χ3n) is 3.59. The number of ether oxygens (including phenoxy) is 3. The van der Waals surface area contributed by atoms with E-state index in [1.165, 1.54) is 12.1 Å². The molecule has 5 nitrogen and oxygen atoms in total. The molecule has 0 radical (unpaired) electrons. The van der Waals surface area contributed by atoms with Crippen molar-refractivity contribution in [3.63, 3.8) is 0 Å². The van der Waals surface area contributed by atoms with Gasteiger partial charge in [0, 0.05) is 0 Å². The average molecular weight is 325 g/mol. The zero-order chi connectivity index (χ0) is 16.5. The van der Waals surface area contributed by atoms with Gasteiger partial charge in [-0.3, -0.25) is 0 Å². The third kappa shape index (κ3) is 2.62. The second-order valence-corrected chi connectivity index (χ2v) is 5.22. The predicted octanol–water partition coefficient (Wildman–Crippen LogP) is 2.94. The summed E-state index contributed by atoms with van der Waals surface area (Å²) >= 11 is 0. The van der Waals surface area contributed by atoms with Crippen molar-refractivity contribution < 1.29 is 23.4 Å². The highest BCUT2D eigenvalue weighted by Gasteiger charge is 2.26. The molecule has 0 atom stereocenters. The molecule has 2 heterocycles. The molecule has 0 spiro atoms. The average Bonchev–Trinajstić information content (AvgIpc) is 2.96. The fourth-order valence-electron chi connectivity index (χ4n) is 2.47. The molecule has 0 N–H and O–H groups in total. The van der Waals surface area contributed by atoms with Crippen molar-refractivity contribution >= 4 is 17.9 Å². The lowest BCUT2D eigenvalue weighted by Gasteiger charge is -2.18. The first-order valence-electron chi connectivity index (χ1n) is 7.38. The van der Waals surface area contributed by atoms with E-state index in [9.17, 15) is 9.18 Å². The number of halogens is 1. The molecule has 0 saturated carbocycles. The van der Waals surface area contributed by atoms with Crippen molar-refractivity contribution in [3.05, 3.63) is 65.1 Å². The monoisotopic (exact) mass is 325 g/mol. The lowest BCUT2D eigenvalue weighted by atomic mass is 10.1. The van der Waals surface area contributed by atoms with Crippen molar-refractivity contribution in [2.24, 2.45) is 4.99 Å². The van der Waals surface area contributed by atoms with E-state index in [4.69, 9.17) is 14.2 Å². The maximum atomic E-state index is 13.8. The number of nitrogens with zero attached hydrogens (tertiary/aromatic N) is 1. The molecule has 0 bridgehead atoms. The Balaban J connectivity index is 1.67. The number of carbonyl (C=O) groups excluding carboxylic acids is 1. The molecule has 4 rings (SSSR count). The Morgan fingerprint density at radius 2 is 1.83 bits per heavy atom. The van der Waals surface area contributed by atoms with Crippen LogP contribution in [0.5, 0.6) is 11.5 Å². The van der Waals surface area contributed by atoms with Crippen LogP contribution >= 0.6 is 0 Å². The van der Waals surface area contributed by atoms with Crippen LogP contribution in [0, 0.1) is 5.82 Å². The summed E-state index contributed by atoms with van der Waals surface area (Å²) in [5.41, 5.74) is 0.964. The van der Waals surface area contributed by atoms with E-state index in [-0.39, 0.29) is 17.2 Å². The summed E-state index contributed by atoms with van der Waals surface area (Å²) in [6.07, 6.45) is 1.56. The fraction of sp³-hybridized carbons (Fsp3) is 0.111. The van der Waals surface area contributed by atoms with Gasteiger partial charge in [0.1, 0.15) is 19.0 Å². The third-order valence-corrected chi connectivity index (χ3v) is 3.59. The Hall–Kier alpha value is -3.15. The van der Waals surface area contributed by atoms with Crippen LogP contribution in [0.3, 0.4) is 0 Å². The van der Waals surface area contributed by atoms with Crippen LogP contribution in [-0.2, 0) is 9.53 Å². The zero-order valence-corrected chi connectivity index (χ0v) is 12.5. The summed E-state index contributed by atoms with van der Waals surface area (Å²) < 4.78 is 29.8. The van der Waals surface area contributed by atoms with Gasteiger partial charge in [-0.15, -0.1) is 0 Å². The molecule has 6 heteroatoms. The number of aliphatic imine (C=N–C) groups is 1. The number of fused-ring (bicyclic) bond motifs is 1. The summed E-state index contributed by atoms with van der Waals surface area (Å²) in [6.45, 7) is 0.987. The minimum absolute atomic E-state index is 0.0399. The van der Waals surface area contributed by atoms with Gasteiger partial charge >= 0.3 is 5.97 Å². The molecule has 2 aromatic rings. The summed E-state index contributed by atoms with van der Waals surface area (Å²) in [5, 5.41) is 0. The first kappa shape index (κ1) is 14.4. The second-order valence-electron chi connectivity index (χ2n) is 5.22. The van der Waals surface area contributed by atoms with Crippen molar-refractivity contribution in [1.29, 1.82) is 0 Å². The lowest BCUT2D eigenvalue weighted by Crippen LogP contribution is -2.15. The van der Waals surface area contributed by atoms with Crippen molar-refractivity contribution in [1.82, 2.24) is 0 Å². The number of rotatable bonds is 2.